The standard InChI is InChI=1S/C21H31F3N2O.2ClH/c1-25-18-8-12-26(13-9-18)15-19(20(27)10-3-2-4-11-20)16-6-5-7-17(14-16)21(22,23)24;;/h5-7,14,18-19,25,27H,2-4,8-13,15H2,1H3;2*1H. The van der Waals surface area contributed by atoms with Gasteiger partial charge in [0.1, 0.15) is 0 Å². The number of nitrogens with one attached hydrogen (secondary N) is 1. The monoisotopic (exact) mass is 456 g/mol. The largest absolute Gasteiger partial charge is 0.416 e. The first-order chi connectivity index (χ1) is 12.8. The van der Waals surface area contributed by atoms with Gasteiger partial charge in [-0.2, -0.15) is 13.2 Å². The third-order valence-corrected chi connectivity index (χ3v) is 6.42. The summed E-state index contributed by atoms with van der Waals surface area (Å²) in [6.45, 7) is 2.45. The van der Waals surface area contributed by atoms with Gasteiger partial charge in [0.15, 0.2) is 0 Å². The molecule has 168 valence electrons. The van der Waals surface area contributed by atoms with Crippen molar-refractivity contribution in [2.75, 3.05) is 26.7 Å². The van der Waals surface area contributed by atoms with E-state index in [1.54, 1.807) is 6.07 Å². The van der Waals surface area contributed by atoms with Crippen LogP contribution in [0.5, 0.6) is 0 Å². The van der Waals surface area contributed by atoms with Crippen molar-refractivity contribution in [3.05, 3.63) is 35.4 Å². The lowest BCUT2D eigenvalue weighted by Gasteiger charge is -2.43. The number of rotatable bonds is 5. The second-order valence-electron chi connectivity index (χ2n) is 8.20. The Morgan fingerprint density at radius 2 is 1.76 bits per heavy atom. The highest BCUT2D eigenvalue weighted by molar-refractivity contribution is 5.85. The summed E-state index contributed by atoms with van der Waals surface area (Å²) in [4.78, 5) is 2.31. The number of hydrogen-bond acceptors (Lipinski definition) is 3. The van der Waals surface area contributed by atoms with Gasteiger partial charge in [-0.15, -0.1) is 24.8 Å². The quantitative estimate of drug-likeness (QED) is 0.653. The fraction of sp³-hybridized carbons (Fsp3) is 0.714. The topological polar surface area (TPSA) is 35.5 Å². The van der Waals surface area contributed by atoms with Crippen molar-refractivity contribution >= 4 is 24.8 Å². The minimum atomic E-state index is -4.36. The lowest BCUT2D eigenvalue weighted by molar-refractivity contribution is -0.137. The molecule has 1 aromatic carbocycles. The van der Waals surface area contributed by atoms with Crippen molar-refractivity contribution < 1.29 is 18.3 Å². The number of likely N-dealkylation sites (tertiary alicyclic amines) is 1. The van der Waals surface area contributed by atoms with Gasteiger partial charge in [0.25, 0.3) is 0 Å². The Kier molecular flexibility index (Phi) is 10.2. The van der Waals surface area contributed by atoms with E-state index in [-0.39, 0.29) is 30.7 Å². The molecule has 2 aliphatic rings. The molecule has 0 bridgehead atoms. The molecule has 1 unspecified atom stereocenters. The molecule has 0 amide bonds. The van der Waals surface area contributed by atoms with E-state index in [1.165, 1.54) is 12.1 Å². The van der Waals surface area contributed by atoms with Crippen LogP contribution in [0.1, 0.15) is 62.0 Å². The summed E-state index contributed by atoms with van der Waals surface area (Å²) in [6.07, 6.45) is 2.00. The molecule has 2 N–H and O–H groups in total. The van der Waals surface area contributed by atoms with Gasteiger partial charge in [0.2, 0.25) is 0 Å². The molecule has 0 radical (unpaired) electrons. The van der Waals surface area contributed by atoms with E-state index in [9.17, 15) is 18.3 Å². The van der Waals surface area contributed by atoms with Crippen LogP contribution in [0, 0.1) is 0 Å². The van der Waals surface area contributed by atoms with Crippen LogP contribution in [-0.2, 0) is 6.18 Å². The van der Waals surface area contributed by atoms with Gasteiger partial charge in [0, 0.05) is 18.5 Å². The van der Waals surface area contributed by atoms with Crippen LogP contribution in [0.2, 0.25) is 0 Å². The molecule has 3 nitrogen and oxygen atoms in total. The molecular formula is C21H33Cl2F3N2O. The van der Waals surface area contributed by atoms with Crippen LogP contribution in [0.25, 0.3) is 0 Å². The summed E-state index contributed by atoms with van der Waals surface area (Å²) < 4.78 is 39.7. The molecule has 0 aromatic heterocycles. The Hall–Kier alpha value is -0.530. The van der Waals surface area contributed by atoms with E-state index in [2.05, 4.69) is 10.2 Å². The number of nitrogens with zero attached hydrogens (tertiary/aromatic N) is 1. The van der Waals surface area contributed by atoms with Crippen molar-refractivity contribution in [3.8, 4) is 0 Å². The third-order valence-electron chi connectivity index (χ3n) is 6.42. The highest BCUT2D eigenvalue weighted by Crippen LogP contribution is 2.42. The zero-order valence-electron chi connectivity index (χ0n) is 16.9. The smallest absolute Gasteiger partial charge is 0.389 e. The maximum atomic E-state index is 13.2. The van der Waals surface area contributed by atoms with Gasteiger partial charge in [-0.1, -0.05) is 37.5 Å². The number of alkyl halides is 3. The average molecular weight is 457 g/mol. The fourth-order valence-electron chi connectivity index (χ4n) is 4.69. The highest BCUT2D eigenvalue weighted by Gasteiger charge is 2.41. The molecule has 0 spiro atoms. The number of hydrogen-bond donors (Lipinski definition) is 2. The summed E-state index contributed by atoms with van der Waals surface area (Å²) in [5.74, 6) is -0.286. The van der Waals surface area contributed by atoms with Gasteiger partial charge >= 0.3 is 6.18 Å². The Bertz CT molecular complexity index is 616. The molecule has 1 aliphatic heterocycles. The van der Waals surface area contributed by atoms with Gasteiger partial charge in [0.05, 0.1) is 11.2 Å². The van der Waals surface area contributed by atoms with E-state index in [1.807, 2.05) is 7.05 Å². The number of halogens is 5. The van der Waals surface area contributed by atoms with Gasteiger partial charge in [-0.25, -0.2) is 0 Å². The van der Waals surface area contributed by atoms with Crippen molar-refractivity contribution in [1.29, 1.82) is 0 Å². The Balaban J connectivity index is 0.00000210. The zero-order valence-corrected chi connectivity index (χ0v) is 18.5. The van der Waals surface area contributed by atoms with Crippen molar-refractivity contribution in [1.82, 2.24) is 10.2 Å². The third kappa shape index (κ3) is 6.73. The van der Waals surface area contributed by atoms with Crippen LogP contribution in [0.3, 0.4) is 0 Å². The number of benzene rings is 1. The maximum absolute atomic E-state index is 13.2. The lowest BCUT2D eigenvalue weighted by atomic mass is 9.72. The summed E-state index contributed by atoms with van der Waals surface area (Å²) in [6, 6.07) is 6.10. The lowest BCUT2D eigenvalue weighted by Crippen LogP contribution is -2.48. The zero-order chi connectivity index (χ0) is 19.5. The second kappa shape index (κ2) is 11.2. The van der Waals surface area contributed by atoms with E-state index < -0.39 is 17.3 Å². The number of aliphatic hydroxyl groups is 1. The first kappa shape index (κ1) is 26.5. The first-order valence-electron chi connectivity index (χ1n) is 10.1. The molecule has 1 atom stereocenters. The Morgan fingerprint density at radius 1 is 1.14 bits per heavy atom. The minimum absolute atomic E-state index is 0. The van der Waals surface area contributed by atoms with E-state index >= 15 is 0 Å². The molecule has 1 saturated heterocycles. The van der Waals surface area contributed by atoms with Gasteiger partial charge < -0.3 is 15.3 Å². The van der Waals surface area contributed by atoms with Gasteiger partial charge in [-0.05, 0) is 57.5 Å². The second-order valence-corrected chi connectivity index (χ2v) is 8.20. The Labute approximate surface area is 184 Å². The van der Waals surface area contributed by atoms with Crippen LogP contribution >= 0.6 is 24.8 Å². The van der Waals surface area contributed by atoms with E-state index in [0.29, 0.717) is 31.0 Å². The summed E-state index contributed by atoms with van der Waals surface area (Å²) in [7, 11) is 1.97. The van der Waals surface area contributed by atoms with Crippen LogP contribution < -0.4 is 5.32 Å². The molecule has 8 heteroatoms. The van der Waals surface area contributed by atoms with E-state index in [4.69, 9.17) is 0 Å². The fourth-order valence-corrected chi connectivity index (χ4v) is 4.69. The van der Waals surface area contributed by atoms with Crippen molar-refractivity contribution in [2.45, 2.75) is 68.7 Å². The van der Waals surface area contributed by atoms with Gasteiger partial charge in [-0.3, -0.25) is 0 Å². The molecule has 29 heavy (non-hydrogen) atoms. The molecule has 3 rings (SSSR count). The van der Waals surface area contributed by atoms with E-state index in [0.717, 1.165) is 51.3 Å². The van der Waals surface area contributed by atoms with Crippen molar-refractivity contribution in [3.63, 3.8) is 0 Å². The van der Waals surface area contributed by atoms with Crippen molar-refractivity contribution in [2.24, 2.45) is 0 Å². The molecule has 1 aromatic rings. The van der Waals surface area contributed by atoms with Crippen LogP contribution in [0.4, 0.5) is 13.2 Å². The predicted octanol–water partition coefficient (Wildman–Crippen LogP) is 5.01. The molecule has 2 fully saturated rings. The SMILES string of the molecule is CNC1CCN(CC(c2cccc(C(F)(F)F)c2)C2(O)CCCCC2)CC1.Cl.Cl. The molecule has 1 heterocycles. The normalized spacial score (nSPS) is 21.7. The first-order valence-corrected chi connectivity index (χ1v) is 10.1. The molecule has 1 saturated carbocycles. The van der Waals surface area contributed by atoms with Crippen LogP contribution in [0.15, 0.2) is 24.3 Å². The Morgan fingerprint density at radius 3 is 2.31 bits per heavy atom. The average Bonchev–Trinajstić information content (AvgIpc) is 2.66. The summed E-state index contributed by atoms with van der Waals surface area (Å²) in [5, 5.41) is 14.7. The molecule has 1 aliphatic carbocycles. The summed E-state index contributed by atoms with van der Waals surface area (Å²) >= 11 is 0. The highest BCUT2D eigenvalue weighted by atomic mass is 35.5. The molecular weight excluding hydrogens is 424 g/mol. The summed E-state index contributed by atoms with van der Waals surface area (Å²) in [5.41, 5.74) is -0.925. The van der Waals surface area contributed by atoms with Crippen LogP contribution in [-0.4, -0.2) is 48.3 Å². The predicted molar refractivity (Wildman–Crippen MR) is 115 cm³/mol. The number of piperidine rings is 1. The minimum Gasteiger partial charge on any atom is -0.389 e. The maximum Gasteiger partial charge on any atom is 0.416 e.